The second kappa shape index (κ2) is 9.77. The number of rotatable bonds is 8. The molecule has 35 heavy (non-hydrogen) atoms. The van der Waals surface area contributed by atoms with Crippen molar-refractivity contribution in [3.05, 3.63) is 35.9 Å². The molecule has 1 aromatic rings. The lowest BCUT2D eigenvalue weighted by Gasteiger charge is -2.39. The lowest BCUT2D eigenvalue weighted by atomic mass is 9.70. The molecule has 0 radical (unpaired) electrons. The van der Waals surface area contributed by atoms with E-state index in [4.69, 9.17) is 0 Å². The van der Waals surface area contributed by atoms with E-state index in [0.717, 1.165) is 18.4 Å². The van der Waals surface area contributed by atoms with Gasteiger partial charge in [0, 0.05) is 17.3 Å². The number of amides is 3. The fourth-order valence-electron chi connectivity index (χ4n) is 6.25. The molecule has 8 heteroatoms. The number of carbonyl (C=O) groups is 3. The number of benzene rings is 1. The predicted molar refractivity (Wildman–Crippen MR) is 137 cm³/mol. The van der Waals surface area contributed by atoms with E-state index in [1.807, 2.05) is 65.0 Å². The van der Waals surface area contributed by atoms with Crippen LogP contribution in [0.4, 0.5) is 0 Å². The van der Waals surface area contributed by atoms with Crippen LogP contribution in [0, 0.1) is 17.8 Å². The fourth-order valence-corrected chi connectivity index (χ4v) is 8.45. The summed E-state index contributed by atoms with van der Waals surface area (Å²) in [5.74, 6) is -1.25. The van der Waals surface area contributed by atoms with Crippen molar-refractivity contribution in [2.24, 2.45) is 17.8 Å². The quantitative estimate of drug-likeness (QED) is 0.509. The van der Waals surface area contributed by atoms with Crippen LogP contribution in [0.5, 0.6) is 0 Å². The number of hydrogen-bond donors (Lipinski definition) is 3. The molecule has 2 bridgehead atoms. The minimum absolute atomic E-state index is 0.0180. The summed E-state index contributed by atoms with van der Waals surface area (Å²) in [6.07, 6.45) is 2.13. The summed E-state index contributed by atoms with van der Waals surface area (Å²) in [5, 5.41) is 16.5. The molecule has 3 heterocycles. The van der Waals surface area contributed by atoms with E-state index in [1.54, 1.807) is 16.7 Å². The number of thioether (sulfide) groups is 1. The summed E-state index contributed by atoms with van der Waals surface area (Å²) in [6, 6.07) is 8.58. The van der Waals surface area contributed by atoms with Crippen LogP contribution in [0.1, 0.15) is 59.4 Å². The first kappa shape index (κ1) is 26.0. The van der Waals surface area contributed by atoms with E-state index in [0.29, 0.717) is 13.0 Å². The standard InChI is InChI=1S/C27H39N3O4S/c1-16(2)13-18(15-31)30-22(24(33)29-26(3,4)5)27-12-11-19(35-27)20(21(27)25(30)34)23(32)28-14-17-9-7-6-8-10-17/h6-10,16,18-22,31H,11-15H2,1-5H3,(H,28,32)(H,29,33)/t18-,19-,20+,21+,22?,27?/m1/s1. The van der Waals surface area contributed by atoms with E-state index in [-0.39, 0.29) is 35.5 Å². The number of aliphatic hydroxyl groups is 1. The molecule has 0 saturated carbocycles. The van der Waals surface area contributed by atoms with Crippen molar-refractivity contribution < 1.29 is 19.5 Å². The van der Waals surface area contributed by atoms with Crippen LogP contribution in [-0.2, 0) is 20.9 Å². The fraction of sp³-hybridized carbons (Fsp3) is 0.667. The molecule has 1 aromatic carbocycles. The summed E-state index contributed by atoms with van der Waals surface area (Å²) in [7, 11) is 0. The molecule has 3 N–H and O–H groups in total. The van der Waals surface area contributed by atoms with Crippen molar-refractivity contribution >= 4 is 29.5 Å². The molecule has 3 fully saturated rings. The molecule has 7 nitrogen and oxygen atoms in total. The van der Waals surface area contributed by atoms with Crippen molar-refractivity contribution in [3.8, 4) is 0 Å². The van der Waals surface area contributed by atoms with Gasteiger partial charge in [-0.15, -0.1) is 11.8 Å². The minimum atomic E-state index is -0.697. The zero-order chi connectivity index (χ0) is 25.5. The third kappa shape index (κ3) is 4.84. The minimum Gasteiger partial charge on any atom is -0.394 e. The van der Waals surface area contributed by atoms with E-state index >= 15 is 0 Å². The first-order valence-electron chi connectivity index (χ1n) is 12.7. The Kier molecular flexibility index (Phi) is 7.26. The second-order valence-electron chi connectivity index (χ2n) is 11.7. The maximum atomic E-state index is 14.1. The molecule has 6 atom stereocenters. The van der Waals surface area contributed by atoms with Crippen molar-refractivity contribution in [1.29, 1.82) is 0 Å². The maximum absolute atomic E-state index is 14.1. The Bertz CT molecular complexity index is 963. The molecule has 3 aliphatic heterocycles. The molecule has 2 unspecified atom stereocenters. The Labute approximate surface area is 212 Å². The molecule has 192 valence electrons. The molecule has 3 aliphatic rings. The molecule has 3 saturated heterocycles. The maximum Gasteiger partial charge on any atom is 0.244 e. The van der Waals surface area contributed by atoms with Gasteiger partial charge in [-0.1, -0.05) is 44.2 Å². The van der Waals surface area contributed by atoms with Gasteiger partial charge >= 0.3 is 0 Å². The first-order valence-corrected chi connectivity index (χ1v) is 13.6. The highest BCUT2D eigenvalue weighted by molar-refractivity contribution is 8.02. The van der Waals surface area contributed by atoms with Gasteiger partial charge in [-0.2, -0.15) is 0 Å². The lowest BCUT2D eigenvalue weighted by Crippen LogP contribution is -2.59. The Balaban J connectivity index is 1.66. The van der Waals surface area contributed by atoms with Crippen LogP contribution >= 0.6 is 11.8 Å². The third-order valence-electron chi connectivity index (χ3n) is 7.44. The van der Waals surface area contributed by atoms with Gasteiger partial charge < -0.3 is 20.6 Å². The highest BCUT2D eigenvalue weighted by Crippen LogP contribution is 2.66. The van der Waals surface area contributed by atoms with Gasteiger partial charge in [0.2, 0.25) is 17.7 Å². The number of hydrogen-bond acceptors (Lipinski definition) is 5. The SMILES string of the molecule is CC(C)C[C@H](CO)N1C(=O)[C@@H]2[C@@H](C(=O)NCc3ccccc3)[C@H]3CCC2(S3)C1C(=O)NC(C)(C)C. The summed E-state index contributed by atoms with van der Waals surface area (Å²) >= 11 is 1.66. The first-order chi connectivity index (χ1) is 16.5. The third-order valence-corrected chi connectivity index (χ3v) is 9.40. The van der Waals surface area contributed by atoms with E-state index in [2.05, 4.69) is 10.6 Å². The van der Waals surface area contributed by atoms with Gasteiger partial charge in [-0.25, -0.2) is 0 Å². The van der Waals surface area contributed by atoms with E-state index in [9.17, 15) is 19.5 Å². The molecular weight excluding hydrogens is 462 g/mol. The Hall–Kier alpha value is -2.06. The smallest absolute Gasteiger partial charge is 0.244 e. The average Bonchev–Trinajstić information content (AvgIpc) is 3.42. The molecule has 1 spiro atoms. The van der Waals surface area contributed by atoms with Gasteiger partial charge in [-0.05, 0) is 51.5 Å². The molecule has 0 aliphatic carbocycles. The molecular formula is C27H39N3O4S. The monoisotopic (exact) mass is 501 g/mol. The normalized spacial score (nSPS) is 30.5. The number of fused-ring (bicyclic) bond motifs is 1. The zero-order valence-electron chi connectivity index (χ0n) is 21.4. The van der Waals surface area contributed by atoms with Crippen LogP contribution in [0.15, 0.2) is 30.3 Å². The number of nitrogens with zero attached hydrogens (tertiary/aromatic N) is 1. The predicted octanol–water partition coefficient (Wildman–Crippen LogP) is 2.72. The van der Waals surface area contributed by atoms with E-state index < -0.39 is 34.2 Å². The van der Waals surface area contributed by atoms with Gasteiger partial charge in [0.15, 0.2) is 0 Å². The second-order valence-corrected chi connectivity index (χ2v) is 13.3. The zero-order valence-corrected chi connectivity index (χ0v) is 22.2. The number of nitrogens with one attached hydrogen (secondary N) is 2. The van der Waals surface area contributed by atoms with Crippen LogP contribution in [0.25, 0.3) is 0 Å². The Morgan fingerprint density at radius 2 is 1.89 bits per heavy atom. The number of carbonyl (C=O) groups excluding carboxylic acids is 3. The molecule has 3 amide bonds. The van der Waals surface area contributed by atoms with Crippen LogP contribution < -0.4 is 10.6 Å². The van der Waals surface area contributed by atoms with Crippen molar-refractivity contribution in [2.75, 3.05) is 6.61 Å². The topological polar surface area (TPSA) is 98.7 Å². The molecule has 0 aromatic heterocycles. The van der Waals surface area contributed by atoms with Crippen LogP contribution in [0.2, 0.25) is 0 Å². The summed E-state index contributed by atoms with van der Waals surface area (Å²) in [5.41, 5.74) is 0.548. The Morgan fingerprint density at radius 3 is 2.49 bits per heavy atom. The summed E-state index contributed by atoms with van der Waals surface area (Å²) in [6.45, 7) is 10.1. The summed E-state index contributed by atoms with van der Waals surface area (Å²) in [4.78, 5) is 42.9. The van der Waals surface area contributed by atoms with Gasteiger partial charge in [0.05, 0.1) is 29.2 Å². The largest absolute Gasteiger partial charge is 0.394 e. The van der Waals surface area contributed by atoms with Gasteiger partial charge in [0.1, 0.15) is 6.04 Å². The van der Waals surface area contributed by atoms with Crippen molar-refractivity contribution in [3.63, 3.8) is 0 Å². The average molecular weight is 502 g/mol. The van der Waals surface area contributed by atoms with Crippen LogP contribution in [0.3, 0.4) is 0 Å². The number of aliphatic hydroxyl groups excluding tert-OH is 1. The van der Waals surface area contributed by atoms with Crippen LogP contribution in [-0.4, -0.2) is 62.0 Å². The van der Waals surface area contributed by atoms with Gasteiger partial charge in [0.25, 0.3) is 0 Å². The van der Waals surface area contributed by atoms with Gasteiger partial charge in [-0.3, -0.25) is 14.4 Å². The summed E-state index contributed by atoms with van der Waals surface area (Å²) < 4.78 is -0.643. The highest BCUT2D eigenvalue weighted by atomic mass is 32.2. The Morgan fingerprint density at radius 1 is 1.20 bits per heavy atom. The highest BCUT2D eigenvalue weighted by Gasteiger charge is 2.74. The van der Waals surface area contributed by atoms with Crippen molar-refractivity contribution in [1.82, 2.24) is 15.5 Å². The van der Waals surface area contributed by atoms with E-state index in [1.165, 1.54) is 0 Å². The molecule has 4 rings (SSSR count). The lowest BCUT2D eigenvalue weighted by molar-refractivity contribution is -0.143. The van der Waals surface area contributed by atoms with Crippen molar-refractivity contribution in [2.45, 2.75) is 88.0 Å². The number of likely N-dealkylation sites (tertiary alicyclic amines) is 1.